The van der Waals surface area contributed by atoms with E-state index < -0.39 is 0 Å². The lowest BCUT2D eigenvalue weighted by Gasteiger charge is -2.19. The fourth-order valence-corrected chi connectivity index (χ4v) is 1.20. The van der Waals surface area contributed by atoms with Crippen molar-refractivity contribution < 1.29 is 14.3 Å². The number of carbonyl (C=O) groups is 1. The Labute approximate surface area is 105 Å². The minimum Gasteiger partial charge on any atom is -0.377 e. The standard InChI is InChI=1S/C13H27NO3/c1-5-6-7-12(15)14-8-9-16-10-11-17-13(2,3)4/h5-11H2,1-4H3,(H,14,15). The summed E-state index contributed by atoms with van der Waals surface area (Å²) >= 11 is 0. The van der Waals surface area contributed by atoms with Crippen molar-refractivity contribution in [2.45, 2.75) is 52.6 Å². The van der Waals surface area contributed by atoms with E-state index >= 15 is 0 Å². The van der Waals surface area contributed by atoms with Crippen molar-refractivity contribution >= 4 is 5.91 Å². The molecule has 102 valence electrons. The number of nitrogens with one attached hydrogen (secondary N) is 1. The first-order valence-corrected chi connectivity index (χ1v) is 6.44. The van der Waals surface area contributed by atoms with Crippen LogP contribution in [0.15, 0.2) is 0 Å². The molecule has 4 nitrogen and oxygen atoms in total. The maximum absolute atomic E-state index is 11.2. The third-order valence-electron chi connectivity index (χ3n) is 2.09. The second kappa shape index (κ2) is 9.42. The molecule has 0 aliphatic carbocycles. The topological polar surface area (TPSA) is 47.6 Å². The largest absolute Gasteiger partial charge is 0.377 e. The molecule has 17 heavy (non-hydrogen) atoms. The van der Waals surface area contributed by atoms with Gasteiger partial charge in [-0.2, -0.15) is 0 Å². The minimum absolute atomic E-state index is 0.112. The zero-order chi connectivity index (χ0) is 13.1. The highest BCUT2D eigenvalue weighted by atomic mass is 16.5. The first kappa shape index (κ1) is 16.4. The Balaban J connectivity index is 3.21. The maximum atomic E-state index is 11.2. The molecule has 0 bridgehead atoms. The molecule has 0 spiro atoms. The zero-order valence-electron chi connectivity index (χ0n) is 11.7. The molecule has 0 saturated carbocycles. The van der Waals surface area contributed by atoms with Crippen molar-refractivity contribution in [1.29, 1.82) is 0 Å². The Bertz CT molecular complexity index is 199. The van der Waals surface area contributed by atoms with Gasteiger partial charge in [0.25, 0.3) is 0 Å². The maximum Gasteiger partial charge on any atom is 0.220 e. The van der Waals surface area contributed by atoms with E-state index in [4.69, 9.17) is 9.47 Å². The van der Waals surface area contributed by atoms with Crippen LogP contribution < -0.4 is 5.32 Å². The molecule has 0 aromatic carbocycles. The van der Waals surface area contributed by atoms with E-state index in [2.05, 4.69) is 12.2 Å². The number of unbranched alkanes of at least 4 members (excludes halogenated alkanes) is 1. The predicted molar refractivity (Wildman–Crippen MR) is 69.1 cm³/mol. The van der Waals surface area contributed by atoms with E-state index in [0.29, 0.717) is 32.8 Å². The van der Waals surface area contributed by atoms with Crippen LogP contribution in [-0.2, 0) is 14.3 Å². The average molecular weight is 245 g/mol. The summed E-state index contributed by atoms with van der Waals surface area (Å²) in [5.74, 6) is 0.112. The van der Waals surface area contributed by atoms with Crippen LogP contribution >= 0.6 is 0 Å². The molecule has 1 N–H and O–H groups in total. The van der Waals surface area contributed by atoms with Crippen molar-refractivity contribution in [1.82, 2.24) is 5.32 Å². The molecule has 0 aliphatic heterocycles. The van der Waals surface area contributed by atoms with Crippen LogP contribution in [0.4, 0.5) is 0 Å². The fourth-order valence-electron chi connectivity index (χ4n) is 1.20. The molecule has 0 saturated heterocycles. The van der Waals surface area contributed by atoms with E-state index in [1.165, 1.54) is 0 Å². The smallest absolute Gasteiger partial charge is 0.220 e. The number of amides is 1. The molecule has 0 atom stereocenters. The van der Waals surface area contributed by atoms with Gasteiger partial charge >= 0.3 is 0 Å². The highest BCUT2D eigenvalue weighted by molar-refractivity contribution is 5.75. The normalized spacial score (nSPS) is 11.5. The zero-order valence-corrected chi connectivity index (χ0v) is 11.7. The number of carbonyl (C=O) groups excluding carboxylic acids is 1. The number of hydrogen-bond donors (Lipinski definition) is 1. The van der Waals surface area contributed by atoms with Crippen LogP contribution in [0.25, 0.3) is 0 Å². The molecule has 0 aliphatic rings. The van der Waals surface area contributed by atoms with Crippen molar-refractivity contribution in [2.24, 2.45) is 0 Å². The molecule has 0 fully saturated rings. The first-order chi connectivity index (χ1) is 7.95. The molecule has 0 unspecified atom stereocenters. The number of ether oxygens (including phenoxy) is 2. The molecule has 0 heterocycles. The SMILES string of the molecule is CCCCC(=O)NCCOCCOC(C)(C)C. The monoisotopic (exact) mass is 245 g/mol. The number of rotatable bonds is 9. The summed E-state index contributed by atoms with van der Waals surface area (Å²) in [7, 11) is 0. The molecular weight excluding hydrogens is 218 g/mol. The predicted octanol–water partition coefficient (Wildman–Crippen LogP) is 2.12. The molecular formula is C13H27NO3. The average Bonchev–Trinajstić information content (AvgIpc) is 2.23. The summed E-state index contributed by atoms with van der Waals surface area (Å²) in [4.78, 5) is 11.2. The van der Waals surface area contributed by atoms with Crippen molar-refractivity contribution in [3.63, 3.8) is 0 Å². The van der Waals surface area contributed by atoms with Gasteiger partial charge in [-0.05, 0) is 27.2 Å². The molecule has 0 rings (SSSR count). The molecule has 0 aromatic rings. The van der Waals surface area contributed by atoms with Gasteiger partial charge in [0.15, 0.2) is 0 Å². The van der Waals surface area contributed by atoms with Gasteiger partial charge in [-0.25, -0.2) is 0 Å². The second-order valence-corrected chi connectivity index (χ2v) is 5.03. The quantitative estimate of drug-likeness (QED) is 0.633. The van der Waals surface area contributed by atoms with Crippen LogP contribution in [0.5, 0.6) is 0 Å². The van der Waals surface area contributed by atoms with Crippen molar-refractivity contribution in [2.75, 3.05) is 26.4 Å². The summed E-state index contributed by atoms with van der Waals surface area (Å²) in [6.07, 6.45) is 2.61. The fraction of sp³-hybridized carbons (Fsp3) is 0.923. The third kappa shape index (κ3) is 13.3. The second-order valence-electron chi connectivity index (χ2n) is 5.03. The summed E-state index contributed by atoms with van der Waals surface area (Å²) in [6, 6.07) is 0. The van der Waals surface area contributed by atoms with Gasteiger partial charge in [-0.15, -0.1) is 0 Å². The Morgan fingerprint density at radius 1 is 1.18 bits per heavy atom. The van der Waals surface area contributed by atoms with Gasteiger partial charge < -0.3 is 14.8 Å². The van der Waals surface area contributed by atoms with Crippen molar-refractivity contribution in [3.05, 3.63) is 0 Å². The molecule has 0 radical (unpaired) electrons. The third-order valence-corrected chi connectivity index (χ3v) is 2.09. The minimum atomic E-state index is -0.113. The first-order valence-electron chi connectivity index (χ1n) is 6.44. The summed E-state index contributed by atoms with van der Waals surface area (Å²) < 4.78 is 10.8. The van der Waals surface area contributed by atoms with E-state index in [0.717, 1.165) is 12.8 Å². The lowest BCUT2D eigenvalue weighted by atomic mass is 10.2. The Morgan fingerprint density at radius 2 is 1.88 bits per heavy atom. The molecule has 4 heteroatoms. The van der Waals surface area contributed by atoms with Crippen molar-refractivity contribution in [3.8, 4) is 0 Å². The van der Waals surface area contributed by atoms with Gasteiger partial charge in [-0.1, -0.05) is 13.3 Å². The van der Waals surface area contributed by atoms with Gasteiger partial charge in [-0.3, -0.25) is 4.79 Å². The summed E-state index contributed by atoms with van der Waals surface area (Å²) in [5.41, 5.74) is -0.113. The lowest BCUT2D eigenvalue weighted by molar-refractivity contribution is -0.121. The Morgan fingerprint density at radius 3 is 2.47 bits per heavy atom. The van der Waals surface area contributed by atoms with Crippen LogP contribution in [0.2, 0.25) is 0 Å². The van der Waals surface area contributed by atoms with Gasteiger partial charge in [0.1, 0.15) is 0 Å². The van der Waals surface area contributed by atoms with Gasteiger partial charge in [0, 0.05) is 13.0 Å². The van der Waals surface area contributed by atoms with E-state index in [1.54, 1.807) is 0 Å². The highest BCUT2D eigenvalue weighted by Gasteiger charge is 2.08. The molecule has 1 amide bonds. The lowest BCUT2D eigenvalue weighted by Crippen LogP contribution is -2.28. The van der Waals surface area contributed by atoms with Gasteiger partial charge in [0.2, 0.25) is 5.91 Å². The van der Waals surface area contributed by atoms with Gasteiger partial charge in [0.05, 0.1) is 25.4 Å². The van der Waals surface area contributed by atoms with E-state index in [-0.39, 0.29) is 11.5 Å². The van der Waals surface area contributed by atoms with Crippen LogP contribution in [-0.4, -0.2) is 37.9 Å². The van der Waals surface area contributed by atoms with E-state index in [1.807, 2.05) is 20.8 Å². The highest BCUT2D eigenvalue weighted by Crippen LogP contribution is 2.05. The Kier molecular flexibility index (Phi) is 9.09. The van der Waals surface area contributed by atoms with Crippen LogP contribution in [0, 0.1) is 0 Å². The number of hydrogen-bond acceptors (Lipinski definition) is 3. The van der Waals surface area contributed by atoms with E-state index in [9.17, 15) is 4.79 Å². The Hall–Kier alpha value is -0.610. The summed E-state index contributed by atoms with van der Waals surface area (Å²) in [5, 5.41) is 2.82. The summed E-state index contributed by atoms with van der Waals surface area (Å²) in [6.45, 7) is 10.4. The van der Waals surface area contributed by atoms with Crippen LogP contribution in [0.1, 0.15) is 47.0 Å². The molecule has 0 aromatic heterocycles. The van der Waals surface area contributed by atoms with Crippen LogP contribution in [0.3, 0.4) is 0 Å².